The van der Waals surface area contributed by atoms with Crippen LogP contribution in [0.15, 0.2) is 12.1 Å². The lowest BCUT2D eigenvalue weighted by atomic mass is 10.1. The molecule has 5 nitrogen and oxygen atoms in total. The lowest BCUT2D eigenvalue weighted by Crippen LogP contribution is -2.34. The molecule has 0 aromatic heterocycles. The van der Waals surface area contributed by atoms with Crippen molar-refractivity contribution in [1.29, 1.82) is 0 Å². The molecule has 0 spiro atoms. The molecular formula is C16H22N2O3S. The predicted octanol–water partition coefficient (Wildman–Crippen LogP) is 2.77. The fourth-order valence-corrected chi connectivity index (χ4v) is 2.38. The fraction of sp³-hybridized carbons (Fsp3) is 0.438. The Morgan fingerprint density at radius 1 is 1.14 bits per heavy atom. The lowest BCUT2D eigenvalue weighted by molar-refractivity contribution is -0.144. The van der Waals surface area contributed by atoms with Gasteiger partial charge in [-0.3, -0.25) is 9.59 Å². The lowest BCUT2D eigenvalue weighted by Gasteiger charge is -2.15. The molecule has 0 saturated carbocycles. The average molecular weight is 322 g/mol. The van der Waals surface area contributed by atoms with Gasteiger partial charge in [0.2, 0.25) is 5.91 Å². The van der Waals surface area contributed by atoms with Crippen LogP contribution in [0.5, 0.6) is 0 Å². The number of carbonyl (C=O) groups excluding carboxylic acids is 2. The zero-order chi connectivity index (χ0) is 16.7. The highest BCUT2D eigenvalue weighted by molar-refractivity contribution is 7.80. The Morgan fingerprint density at radius 3 is 2.27 bits per heavy atom. The molecule has 0 atom stereocenters. The van der Waals surface area contributed by atoms with Gasteiger partial charge in [-0.2, -0.15) is 0 Å². The van der Waals surface area contributed by atoms with Gasteiger partial charge in [-0.1, -0.05) is 17.7 Å². The Bertz CT molecular complexity index is 562. The summed E-state index contributed by atoms with van der Waals surface area (Å²) in [6, 6.07) is 4.08. The van der Waals surface area contributed by atoms with Gasteiger partial charge < -0.3 is 15.4 Å². The average Bonchev–Trinajstić information content (AvgIpc) is 2.41. The highest BCUT2D eigenvalue weighted by atomic mass is 32.1. The molecule has 1 aromatic rings. The van der Waals surface area contributed by atoms with E-state index in [1.807, 2.05) is 32.9 Å². The molecule has 0 unspecified atom stereocenters. The molecule has 0 radical (unpaired) electrons. The molecule has 0 aliphatic carbocycles. The van der Waals surface area contributed by atoms with Crippen molar-refractivity contribution < 1.29 is 14.3 Å². The smallest absolute Gasteiger partial charge is 0.306 e. The van der Waals surface area contributed by atoms with E-state index in [-0.39, 0.29) is 29.8 Å². The van der Waals surface area contributed by atoms with Crippen LogP contribution < -0.4 is 10.6 Å². The number of rotatable bonds is 5. The van der Waals surface area contributed by atoms with Gasteiger partial charge in [0.1, 0.15) is 0 Å². The van der Waals surface area contributed by atoms with Crippen molar-refractivity contribution in [2.45, 2.75) is 40.5 Å². The quantitative estimate of drug-likeness (QED) is 0.644. The van der Waals surface area contributed by atoms with Crippen molar-refractivity contribution in [3.63, 3.8) is 0 Å². The monoisotopic (exact) mass is 322 g/mol. The fourth-order valence-electron chi connectivity index (χ4n) is 2.16. The van der Waals surface area contributed by atoms with E-state index in [0.717, 1.165) is 16.8 Å². The summed E-state index contributed by atoms with van der Waals surface area (Å²) in [6.07, 6.45) is 0.0946. The Morgan fingerprint density at radius 2 is 1.73 bits per heavy atom. The number of nitrogens with one attached hydrogen (secondary N) is 2. The summed E-state index contributed by atoms with van der Waals surface area (Å²) < 4.78 is 4.77. The van der Waals surface area contributed by atoms with E-state index in [2.05, 4.69) is 10.6 Å². The van der Waals surface area contributed by atoms with Gasteiger partial charge in [0, 0.05) is 12.1 Å². The molecule has 1 rings (SSSR count). The summed E-state index contributed by atoms with van der Waals surface area (Å²) in [4.78, 5) is 22.9. The topological polar surface area (TPSA) is 67.4 Å². The van der Waals surface area contributed by atoms with Gasteiger partial charge in [-0.25, -0.2) is 0 Å². The minimum absolute atomic E-state index is 0.0465. The van der Waals surface area contributed by atoms with Gasteiger partial charge in [-0.15, -0.1) is 0 Å². The number of hydrogen-bond donors (Lipinski definition) is 2. The van der Waals surface area contributed by atoms with Crippen LogP contribution in [0.25, 0.3) is 0 Å². The molecule has 2 N–H and O–H groups in total. The SMILES string of the molecule is CCOC(=O)CCC(=O)NC(=S)Nc1c(C)cc(C)cc1C. The molecule has 0 aliphatic heterocycles. The van der Waals surface area contributed by atoms with Crippen molar-refractivity contribution in [1.82, 2.24) is 5.32 Å². The molecule has 6 heteroatoms. The van der Waals surface area contributed by atoms with Gasteiger partial charge >= 0.3 is 5.97 Å². The summed E-state index contributed by atoms with van der Waals surface area (Å²) in [7, 11) is 0. The van der Waals surface area contributed by atoms with Crippen LogP contribution in [-0.2, 0) is 14.3 Å². The molecule has 120 valence electrons. The molecule has 0 heterocycles. The minimum Gasteiger partial charge on any atom is -0.466 e. The number of benzene rings is 1. The first-order chi connectivity index (χ1) is 10.3. The van der Waals surface area contributed by atoms with E-state index in [1.165, 1.54) is 5.56 Å². The summed E-state index contributed by atoms with van der Waals surface area (Å²) in [5, 5.41) is 5.83. The first kappa shape index (κ1) is 18.1. The molecule has 0 aliphatic rings. The van der Waals surface area contributed by atoms with Crippen LogP contribution in [0, 0.1) is 20.8 Å². The second-order valence-electron chi connectivity index (χ2n) is 5.08. The van der Waals surface area contributed by atoms with Crippen LogP contribution in [-0.4, -0.2) is 23.6 Å². The predicted molar refractivity (Wildman–Crippen MR) is 90.9 cm³/mol. The third-order valence-corrected chi connectivity index (χ3v) is 3.23. The van der Waals surface area contributed by atoms with Crippen LogP contribution in [0.2, 0.25) is 0 Å². The number of hydrogen-bond acceptors (Lipinski definition) is 4. The van der Waals surface area contributed by atoms with Crippen LogP contribution >= 0.6 is 12.2 Å². The van der Waals surface area contributed by atoms with Gasteiger partial charge in [0.05, 0.1) is 13.0 Å². The second-order valence-corrected chi connectivity index (χ2v) is 5.49. The number of thiocarbonyl (C=S) groups is 1. The highest BCUT2D eigenvalue weighted by Gasteiger charge is 2.11. The minimum atomic E-state index is -0.387. The number of anilines is 1. The van der Waals surface area contributed by atoms with Crippen LogP contribution in [0.1, 0.15) is 36.5 Å². The molecular weight excluding hydrogens is 300 g/mol. The standard InChI is InChI=1S/C16H22N2O3S/c1-5-21-14(20)7-6-13(19)17-16(22)18-15-11(3)8-10(2)9-12(15)4/h8-9H,5-7H2,1-4H3,(H2,17,18,19,22). The first-order valence-electron chi connectivity index (χ1n) is 7.17. The van der Waals surface area contributed by atoms with Crippen molar-refractivity contribution in [2.75, 3.05) is 11.9 Å². The summed E-state index contributed by atoms with van der Waals surface area (Å²) in [5.41, 5.74) is 4.17. The number of aryl methyl sites for hydroxylation is 3. The summed E-state index contributed by atoms with van der Waals surface area (Å²) in [5.74, 6) is -0.699. The van der Waals surface area contributed by atoms with E-state index >= 15 is 0 Å². The molecule has 0 bridgehead atoms. The number of esters is 1. The van der Waals surface area contributed by atoms with E-state index < -0.39 is 0 Å². The number of ether oxygens (including phenoxy) is 1. The van der Waals surface area contributed by atoms with Crippen molar-refractivity contribution in [3.05, 3.63) is 28.8 Å². The third-order valence-electron chi connectivity index (χ3n) is 3.03. The maximum Gasteiger partial charge on any atom is 0.306 e. The Hall–Kier alpha value is -1.95. The largest absolute Gasteiger partial charge is 0.466 e. The summed E-state index contributed by atoms with van der Waals surface area (Å²) in [6.45, 7) is 8.02. The molecule has 0 saturated heterocycles. The Kier molecular flexibility index (Phi) is 6.98. The summed E-state index contributed by atoms with van der Waals surface area (Å²) >= 11 is 5.14. The van der Waals surface area contributed by atoms with E-state index in [4.69, 9.17) is 17.0 Å². The first-order valence-corrected chi connectivity index (χ1v) is 7.58. The van der Waals surface area contributed by atoms with Crippen LogP contribution in [0.4, 0.5) is 5.69 Å². The van der Waals surface area contributed by atoms with Gasteiger partial charge in [0.25, 0.3) is 0 Å². The Labute approximate surface area is 136 Å². The zero-order valence-electron chi connectivity index (χ0n) is 13.4. The molecule has 1 aromatic carbocycles. The third kappa shape index (κ3) is 5.81. The molecule has 0 fully saturated rings. The van der Waals surface area contributed by atoms with Crippen LogP contribution in [0.3, 0.4) is 0 Å². The van der Waals surface area contributed by atoms with E-state index in [1.54, 1.807) is 6.92 Å². The molecule has 22 heavy (non-hydrogen) atoms. The van der Waals surface area contributed by atoms with Crippen molar-refractivity contribution in [2.24, 2.45) is 0 Å². The van der Waals surface area contributed by atoms with Gasteiger partial charge in [-0.05, 0) is 51.0 Å². The van der Waals surface area contributed by atoms with E-state index in [9.17, 15) is 9.59 Å². The van der Waals surface area contributed by atoms with Crippen molar-refractivity contribution >= 4 is 34.9 Å². The number of amides is 1. The zero-order valence-corrected chi connectivity index (χ0v) is 14.2. The highest BCUT2D eigenvalue weighted by Crippen LogP contribution is 2.21. The van der Waals surface area contributed by atoms with Gasteiger partial charge in [0.15, 0.2) is 5.11 Å². The maximum atomic E-state index is 11.7. The normalized spacial score (nSPS) is 10.0. The second kappa shape index (κ2) is 8.48. The Balaban J connectivity index is 2.53. The van der Waals surface area contributed by atoms with E-state index in [0.29, 0.717) is 6.61 Å². The number of carbonyl (C=O) groups is 2. The molecule has 1 amide bonds. The van der Waals surface area contributed by atoms with Crippen molar-refractivity contribution in [3.8, 4) is 0 Å². The maximum absolute atomic E-state index is 11.7.